The average molecular weight is 271 g/mol. The third-order valence-electron chi connectivity index (χ3n) is 3.01. The highest BCUT2D eigenvalue weighted by Crippen LogP contribution is 2.30. The predicted octanol–water partition coefficient (Wildman–Crippen LogP) is 1.56. The highest BCUT2D eigenvalue weighted by Gasteiger charge is 2.20. The van der Waals surface area contributed by atoms with Gasteiger partial charge in [-0.25, -0.2) is 0 Å². The van der Waals surface area contributed by atoms with Crippen LogP contribution in [0.3, 0.4) is 0 Å². The summed E-state index contributed by atoms with van der Waals surface area (Å²) in [6.45, 7) is 5.76. The number of phenols is 1. The molecule has 0 bridgehead atoms. The van der Waals surface area contributed by atoms with E-state index in [1.165, 1.54) is 0 Å². The first kappa shape index (κ1) is 15.1. The maximum Gasteiger partial charge on any atom is 0.123 e. The Kier molecular flexibility index (Phi) is 5.78. The van der Waals surface area contributed by atoms with Gasteiger partial charge in [-0.1, -0.05) is 6.07 Å². The number of aliphatic hydroxyl groups is 2. The number of aliphatic hydroxyl groups excluding tert-OH is 2. The fraction of sp³-hybridized carbons (Fsp3) is 0.538. The van der Waals surface area contributed by atoms with Crippen molar-refractivity contribution in [2.45, 2.75) is 26.1 Å². The first-order valence-electron chi connectivity index (χ1n) is 6.09. The molecule has 0 radical (unpaired) electrons. The van der Waals surface area contributed by atoms with E-state index in [1.807, 2.05) is 19.9 Å². The molecule has 0 spiro atoms. The Morgan fingerprint density at radius 3 is 2.28 bits per heavy atom. The second-order valence-electron chi connectivity index (χ2n) is 4.11. The lowest BCUT2D eigenvalue weighted by molar-refractivity contribution is 0.0323. The number of rotatable bonds is 6. The number of thiol groups is 1. The van der Waals surface area contributed by atoms with E-state index in [-0.39, 0.29) is 11.5 Å². The molecule has 102 valence electrons. The van der Waals surface area contributed by atoms with Gasteiger partial charge in [-0.05, 0) is 19.9 Å². The summed E-state index contributed by atoms with van der Waals surface area (Å²) < 4.78 is 0. The molecule has 1 rings (SSSR count). The van der Waals surface area contributed by atoms with Gasteiger partial charge >= 0.3 is 0 Å². The van der Waals surface area contributed by atoms with Gasteiger partial charge < -0.3 is 20.2 Å². The van der Waals surface area contributed by atoms with E-state index in [9.17, 15) is 15.3 Å². The van der Waals surface area contributed by atoms with Gasteiger partial charge in [0.05, 0.1) is 6.10 Å². The van der Waals surface area contributed by atoms with Gasteiger partial charge in [0.15, 0.2) is 0 Å². The van der Waals surface area contributed by atoms with E-state index >= 15 is 0 Å². The summed E-state index contributed by atoms with van der Waals surface area (Å²) in [6.07, 6.45) is -2.10. The van der Waals surface area contributed by atoms with Crippen molar-refractivity contribution >= 4 is 18.3 Å². The van der Waals surface area contributed by atoms with Crippen LogP contribution in [0.5, 0.6) is 5.75 Å². The molecule has 0 aliphatic carbocycles. The van der Waals surface area contributed by atoms with Crippen LogP contribution < -0.4 is 4.90 Å². The fourth-order valence-corrected chi connectivity index (χ4v) is 2.07. The molecular formula is C13H21NO3S. The number of aromatic hydroxyl groups is 1. The van der Waals surface area contributed by atoms with Crippen molar-refractivity contribution in [3.8, 4) is 5.75 Å². The van der Waals surface area contributed by atoms with Crippen LogP contribution in [0, 0.1) is 0 Å². The number of hydrogen-bond acceptors (Lipinski definition) is 5. The predicted molar refractivity (Wildman–Crippen MR) is 76.5 cm³/mol. The van der Waals surface area contributed by atoms with Crippen LogP contribution in [-0.4, -0.2) is 40.3 Å². The molecule has 0 saturated heterocycles. The van der Waals surface area contributed by atoms with E-state index in [1.54, 1.807) is 12.1 Å². The second kappa shape index (κ2) is 6.87. The molecule has 3 N–H and O–H groups in total. The van der Waals surface area contributed by atoms with Crippen molar-refractivity contribution in [2.24, 2.45) is 0 Å². The molecule has 1 aromatic rings. The van der Waals surface area contributed by atoms with Crippen molar-refractivity contribution in [1.82, 2.24) is 0 Å². The third kappa shape index (κ3) is 3.31. The Morgan fingerprint density at radius 2 is 1.83 bits per heavy atom. The molecular weight excluding hydrogens is 250 g/mol. The normalized spacial score (nSPS) is 14.3. The minimum absolute atomic E-state index is 0.00673. The Labute approximate surface area is 113 Å². The van der Waals surface area contributed by atoms with Crippen LogP contribution in [-0.2, 0) is 0 Å². The van der Waals surface area contributed by atoms with Gasteiger partial charge in [-0.15, -0.1) is 0 Å². The molecule has 0 fully saturated rings. The topological polar surface area (TPSA) is 63.9 Å². The molecule has 2 atom stereocenters. The summed E-state index contributed by atoms with van der Waals surface area (Å²) in [6, 6.07) is 5.08. The van der Waals surface area contributed by atoms with Crippen LogP contribution in [0.25, 0.3) is 0 Å². The van der Waals surface area contributed by atoms with E-state index in [0.717, 1.165) is 18.8 Å². The van der Waals surface area contributed by atoms with Crippen molar-refractivity contribution < 1.29 is 15.3 Å². The Balaban J connectivity index is 2.99. The molecule has 0 amide bonds. The van der Waals surface area contributed by atoms with Crippen LogP contribution in [0.2, 0.25) is 0 Å². The van der Waals surface area contributed by atoms with Gasteiger partial charge in [-0.3, -0.25) is 0 Å². The first-order valence-corrected chi connectivity index (χ1v) is 6.73. The standard InChI is InChI=1S/C13H21NO3S/c1-3-14(4-2)9-5-6-10(11(15)7-9)13(17)12(16)8-18/h5-7,12-13,15-18H,3-4,8H2,1-2H3. The van der Waals surface area contributed by atoms with Crippen LogP contribution in [0.1, 0.15) is 25.5 Å². The number of hydrogen-bond donors (Lipinski definition) is 4. The van der Waals surface area contributed by atoms with E-state index in [2.05, 4.69) is 17.5 Å². The SMILES string of the molecule is CCN(CC)c1ccc(C(O)C(O)CS)c(O)c1. The minimum Gasteiger partial charge on any atom is -0.507 e. The van der Waals surface area contributed by atoms with Gasteiger partial charge in [0.1, 0.15) is 11.9 Å². The summed E-state index contributed by atoms with van der Waals surface area (Å²) in [4.78, 5) is 2.09. The van der Waals surface area contributed by atoms with Crippen LogP contribution >= 0.6 is 12.6 Å². The van der Waals surface area contributed by atoms with Crippen LogP contribution in [0.15, 0.2) is 18.2 Å². The molecule has 0 heterocycles. The summed E-state index contributed by atoms with van der Waals surface area (Å²) in [7, 11) is 0. The van der Waals surface area contributed by atoms with Crippen molar-refractivity contribution in [2.75, 3.05) is 23.7 Å². The number of benzene rings is 1. The third-order valence-corrected chi connectivity index (χ3v) is 3.39. The van der Waals surface area contributed by atoms with Gasteiger partial charge in [0.2, 0.25) is 0 Å². The largest absolute Gasteiger partial charge is 0.507 e. The summed E-state index contributed by atoms with van der Waals surface area (Å²) >= 11 is 3.92. The van der Waals surface area contributed by atoms with E-state index in [4.69, 9.17) is 0 Å². The molecule has 0 aliphatic rings. The lowest BCUT2D eigenvalue weighted by atomic mass is 10.0. The molecule has 1 aromatic carbocycles. The van der Waals surface area contributed by atoms with Crippen molar-refractivity contribution in [1.29, 1.82) is 0 Å². The van der Waals surface area contributed by atoms with Crippen molar-refractivity contribution in [3.63, 3.8) is 0 Å². The van der Waals surface area contributed by atoms with Gasteiger partial charge in [-0.2, -0.15) is 12.6 Å². The van der Waals surface area contributed by atoms with E-state index in [0.29, 0.717) is 5.56 Å². The smallest absolute Gasteiger partial charge is 0.123 e. The maximum atomic E-state index is 9.92. The number of anilines is 1. The van der Waals surface area contributed by atoms with E-state index < -0.39 is 12.2 Å². The van der Waals surface area contributed by atoms with Crippen molar-refractivity contribution in [3.05, 3.63) is 23.8 Å². The second-order valence-corrected chi connectivity index (χ2v) is 4.48. The number of nitrogens with zero attached hydrogens (tertiary/aromatic N) is 1. The maximum absolute atomic E-state index is 9.92. The molecule has 0 saturated carbocycles. The lowest BCUT2D eigenvalue weighted by Gasteiger charge is -2.23. The molecule has 5 heteroatoms. The first-order chi connectivity index (χ1) is 8.54. The van der Waals surface area contributed by atoms with Gasteiger partial charge in [0, 0.05) is 36.2 Å². The molecule has 2 unspecified atom stereocenters. The molecule has 4 nitrogen and oxygen atoms in total. The Morgan fingerprint density at radius 1 is 1.22 bits per heavy atom. The minimum atomic E-state index is -1.12. The van der Waals surface area contributed by atoms with Crippen LogP contribution in [0.4, 0.5) is 5.69 Å². The highest BCUT2D eigenvalue weighted by molar-refractivity contribution is 7.80. The molecule has 0 aromatic heterocycles. The zero-order chi connectivity index (χ0) is 13.7. The monoisotopic (exact) mass is 271 g/mol. The average Bonchev–Trinajstić information content (AvgIpc) is 2.38. The number of phenolic OH excluding ortho intramolecular Hbond substituents is 1. The fourth-order valence-electron chi connectivity index (χ4n) is 1.87. The zero-order valence-electron chi connectivity index (χ0n) is 10.7. The molecule has 0 aliphatic heterocycles. The summed E-state index contributed by atoms with van der Waals surface area (Å²) in [5.74, 6) is 0.131. The Hall–Kier alpha value is -0.910. The quantitative estimate of drug-likeness (QED) is 0.593. The highest BCUT2D eigenvalue weighted by atomic mass is 32.1. The van der Waals surface area contributed by atoms with Gasteiger partial charge in [0.25, 0.3) is 0 Å². The Bertz CT molecular complexity index is 382. The summed E-state index contributed by atoms with van der Waals surface area (Å²) in [5.41, 5.74) is 1.22. The zero-order valence-corrected chi connectivity index (χ0v) is 11.6. The molecule has 18 heavy (non-hydrogen) atoms. The lowest BCUT2D eigenvalue weighted by Crippen LogP contribution is -2.22. The summed E-state index contributed by atoms with van der Waals surface area (Å²) in [5, 5.41) is 29.3.